The summed E-state index contributed by atoms with van der Waals surface area (Å²) in [4.78, 5) is 22.1. The summed E-state index contributed by atoms with van der Waals surface area (Å²) in [7, 11) is 0. The van der Waals surface area contributed by atoms with Crippen molar-refractivity contribution in [3.63, 3.8) is 0 Å². The molecule has 0 aromatic rings. The maximum Gasteiger partial charge on any atom is 0.303 e. The minimum atomic E-state index is -0.824. The van der Waals surface area contributed by atoms with Gasteiger partial charge in [-0.25, -0.2) is 0 Å². The van der Waals surface area contributed by atoms with Crippen LogP contribution in [0, 0.1) is 11.8 Å². The first-order valence-corrected chi connectivity index (χ1v) is 6.61. The van der Waals surface area contributed by atoms with Gasteiger partial charge in [0.25, 0.3) is 0 Å². The Morgan fingerprint density at radius 1 is 1.44 bits per heavy atom. The third-order valence-electron chi connectivity index (χ3n) is 3.24. The Hall–Kier alpha value is -1.10. The summed E-state index contributed by atoms with van der Waals surface area (Å²) in [5, 5.41) is 11.4. The van der Waals surface area contributed by atoms with Crippen LogP contribution in [0.2, 0.25) is 0 Å². The lowest BCUT2D eigenvalue weighted by Crippen LogP contribution is -2.37. The van der Waals surface area contributed by atoms with Gasteiger partial charge in [-0.3, -0.25) is 9.59 Å². The summed E-state index contributed by atoms with van der Waals surface area (Å²) < 4.78 is 5.43. The molecule has 18 heavy (non-hydrogen) atoms. The molecule has 0 aromatic heterocycles. The second-order valence-electron chi connectivity index (χ2n) is 5.13. The quantitative estimate of drug-likeness (QED) is 0.689. The van der Waals surface area contributed by atoms with Crippen LogP contribution in [0.5, 0.6) is 0 Å². The van der Waals surface area contributed by atoms with Crippen molar-refractivity contribution < 1.29 is 19.4 Å². The Kier molecular flexibility index (Phi) is 6.12. The van der Waals surface area contributed by atoms with Crippen LogP contribution in [-0.4, -0.2) is 36.2 Å². The van der Waals surface area contributed by atoms with Crippen molar-refractivity contribution >= 4 is 11.9 Å². The third kappa shape index (κ3) is 5.49. The number of carbonyl (C=O) groups is 2. The molecular weight excluding hydrogens is 234 g/mol. The maximum atomic E-state index is 11.6. The zero-order chi connectivity index (χ0) is 13.5. The fourth-order valence-corrected chi connectivity index (χ4v) is 2.21. The number of hydrogen-bond acceptors (Lipinski definition) is 3. The fraction of sp³-hybridized carbons (Fsp3) is 0.846. The zero-order valence-corrected chi connectivity index (χ0v) is 11.1. The van der Waals surface area contributed by atoms with Crippen molar-refractivity contribution in [1.29, 1.82) is 0 Å². The molecule has 1 aliphatic rings. The molecule has 2 N–H and O–H groups in total. The highest BCUT2D eigenvalue weighted by Gasteiger charge is 2.30. The first-order chi connectivity index (χ1) is 8.51. The molecule has 1 amide bonds. The molecule has 0 bridgehead atoms. The third-order valence-corrected chi connectivity index (χ3v) is 3.24. The number of rotatable bonds is 8. The number of carboxylic acids is 1. The van der Waals surface area contributed by atoms with Crippen molar-refractivity contribution in [2.45, 2.75) is 45.6 Å². The van der Waals surface area contributed by atoms with E-state index in [0.717, 1.165) is 19.4 Å². The molecule has 0 aromatic carbocycles. The molecular formula is C13H23NO4. The Bertz CT molecular complexity index is 287. The predicted octanol–water partition coefficient (Wildman–Crippen LogP) is 1.42. The van der Waals surface area contributed by atoms with Gasteiger partial charge in [0.2, 0.25) is 5.91 Å². The monoisotopic (exact) mass is 257 g/mol. The van der Waals surface area contributed by atoms with Gasteiger partial charge < -0.3 is 15.2 Å². The van der Waals surface area contributed by atoms with Gasteiger partial charge in [-0.05, 0) is 31.6 Å². The van der Waals surface area contributed by atoms with Crippen LogP contribution in [-0.2, 0) is 14.3 Å². The largest absolute Gasteiger partial charge is 0.481 e. The summed E-state index contributed by atoms with van der Waals surface area (Å²) in [6.45, 7) is 4.97. The average molecular weight is 257 g/mol. The van der Waals surface area contributed by atoms with Crippen molar-refractivity contribution in [3.05, 3.63) is 0 Å². The molecule has 0 radical (unpaired) electrons. The number of ether oxygens (including phenoxy) is 1. The van der Waals surface area contributed by atoms with E-state index in [9.17, 15) is 9.59 Å². The molecule has 0 aliphatic heterocycles. The molecule has 0 spiro atoms. The van der Waals surface area contributed by atoms with Crippen molar-refractivity contribution in [1.82, 2.24) is 5.32 Å². The molecule has 1 saturated carbocycles. The number of hydrogen-bond donors (Lipinski definition) is 2. The Labute approximate surface area is 108 Å². The number of aliphatic carboxylic acids is 1. The summed E-state index contributed by atoms with van der Waals surface area (Å²) >= 11 is 0. The molecule has 0 saturated heterocycles. The van der Waals surface area contributed by atoms with Crippen molar-refractivity contribution in [2.24, 2.45) is 11.8 Å². The Morgan fingerprint density at radius 3 is 2.67 bits per heavy atom. The molecule has 5 nitrogen and oxygen atoms in total. The Morgan fingerprint density at radius 2 is 2.11 bits per heavy atom. The highest BCUT2D eigenvalue weighted by Crippen LogP contribution is 2.32. The lowest BCUT2D eigenvalue weighted by atomic mass is 9.80. The molecule has 1 rings (SSSR count). The van der Waals surface area contributed by atoms with Crippen LogP contribution < -0.4 is 5.32 Å². The summed E-state index contributed by atoms with van der Waals surface area (Å²) in [6, 6.07) is 0. The van der Waals surface area contributed by atoms with Gasteiger partial charge in [-0.2, -0.15) is 0 Å². The van der Waals surface area contributed by atoms with E-state index in [1.807, 2.05) is 13.8 Å². The van der Waals surface area contributed by atoms with Crippen LogP contribution in [0.25, 0.3) is 0 Å². The summed E-state index contributed by atoms with van der Waals surface area (Å²) in [6.07, 6.45) is 2.89. The SMILES string of the molecule is CCOC1CC(CC(=O)NCC(C)CC(=O)O)C1. The summed E-state index contributed by atoms with van der Waals surface area (Å²) in [5.74, 6) is -0.400. The van der Waals surface area contributed by atoms with Crippen molar-refractivity contribution in [2.75, 3.05) is 13.2 Å². The number of nitrogens with one attached hydrogen (secondary N) is 1. The first-order valence-electron chi connectivity index (χ1n) is 6.61. The minimum Gasteiger partial charge on any atom is -0.481 e. The number of amides is 1. The van der Waals surface area contributed by atoms with E-state index in [-0.39, 0.29) is 18.2 Å². The molecule has 1 aliphatic carbocycles. The normalized spacial score (nSPS) is 24.1. The molecule has 0 heterocycles. The zero-order valence-electron chi connectivity index (χ0n) is 11.1. The highest BCUT2D eigenvalue weighted by atomic mass is 16.5. The Balaban J connectivity index is 2.06. The van der Waals surface area contributed by atoms with E-state index >= 15 is 0 Å². The van der Waals surface area contributed by atoms with E-state index in [4.69, 9.17) is 9.84 Å². The first kappa shape index (κ1) is 15.0. The predicted molar refractivity (Wildman–Crippen MR) is 67.2 cm³/mol. The number of carboxylic acid groups (broad SMARTS) is 1. The second-order valence-corrected chi connectivity index (χ2v) is 5.13. The van der Waals surface area contributed by atoms with Gasteiger partial charge in [0.15, 0.2) is 0 Å². The molecule has 104 valence electrons. The summed E-state index contributed by atoms with van der Waals surface area (Å²) in [5.41, 5.74) is 0. The highest BCUT2D eigenvalue weighted by molar-refractivity contribution is 5.76. The molecule has 5 heteroatoms. The van der Waals surface area contributed by atoms with Crippen molar-refractivity contribution in [3.8, 4) is 0 Å². The van der Waals surface area contributed by atoms with Gasteiger partial charge in [-0.1, -0.05) is 6.92 Å². The van der Waals surface area contributed by atoms with Crippen LogP contribution in [0.1, 0.15) is 39.5 Å². The van der Waals surface area contributed by atoms with Gasteiger partial charge in [0.1, 0.15) is 0 Å². The lowest BCUT2D eigenvalue weighted by molar-refractivity contribution is -0.138. The average Bonchev–Trinajstić information content (AvgIpc) is 2.22. The lowest BCUT2D eigenvalue weighted by Gasteiger charge is -2.34. The van der Waals surface area contributed by atoms with Gasteiger partial charge in [-0.15, -0.1) is 0 Å². The topological polar surface area (TPSA) is 75.6 Å². The van der Waals surface area contributed by atoms with E-state index in [1.165, 1.54) is 0 Å². The van der Waals surface area contributed by atoms with Gasteiger partial charge in [0, 0.05) is 26.0 Å². The molecule has 1 atom stereocenters. The van der Waals surface area contributed by atoms with E-state index < -0.39 is 5.97 Å². The standard InChI is InChI=1S/C13H23NO4/c1-3-18-11-5-10(6-11)7-12(15)14-8-9(2)4-13(16)17/h9-11H,3-8H2,1-2H3,(H,14,15)(H,16,17). The number of carbonyl (C=O) groups excluding carboxylic acids is 1. The van der Waals surface area contributed by atoms with Gasteiger partial charge in [0.05, 0.1) is 6.10 Å². The maximum absolute atomic E-state index is 11.6. The van der Waals surface area contributed by atoms with Crippen LogP contribution in [0.15, 0.2) is 0 Å². The van der Waals surface area contributed by atoms with E-state index in [2.05, 4.69) is 5.32 Å². The molecule has 1 fully saturated rings. The van der Waals surface area contributed by atoms with Crippen LogP contribution in [0.3, 0.4) is 0 Å². The second kappa shape index (κ2) is 7.36. The van der Waals surface area contributed by atoms with Gasteiger partial charge >= 0.3 is 5.97 Å². The van der Waals surface area contributed by atoms with E-state index in [0.29, 0.717) is 25.0 Å². The van der Waals surface area contributed by atoms with Crippen LogP contribution >= 0.6 is 0 Å². The fourth-order valence-electron chi connectivity index (χ4n) is 2.21. The smallest absolute Gasteiger partial charge is 0.303 e. The van der Waals surface area contributed by atoms with Crippen LogP contribution in [0.4, 0.5) is 0 Å². The minimum absolute atomic E-state index is 0.0205. The van der Waals surface area contributed by atoms with E-state index in [1.54, 1.807) is 0 Å². The molecule has 1 unspecified atom stereocenters.